The lowest BCUT2D eigenvalue weighted by Gasteiger charge is -2.42. The largest absolute Gasteiger partial charge is 0.503 e. The molecule has 4 aliphatic rings. The molecule has 10 heteroatoms. The Morgan fingerprint density at radius 3 is 2.35 bits per heavy atom. The molecule has 8 nitrogen and oxygen atoms in total. The Balaban J connectivity index is 1.28. The second-order valence-corrected chi connectivity index (χ2v) is 13.0. The first kappa shape index (κ1) is 30.1. The lowest BCUT2D eigenvalue weighted by atomic mass is 9.59. The number of fused-ring (bicyclic) bond motifs is 3. The van der Waals surface area contributed by atoms with Crippen molar-refractivity contribution in [3.8, 4) is 11.5 Å². The molecule has 1 heterocycles. The molecule has 0 spiro atoms. The number of aromatic hydroxyl groups is 1. The van der Waals surface area contributed by atoms with Crippen LogP contribution >= 0.6 is 27.5 Å². The number of anilines is 1. The zero-order valence-electron chi connectivity index (χ0n) is 24.3. The molecule has 2 amide bonds. The summed E-state index contributed by atoms with van der Waals surface area (Å²) in [5.74, 6) is -4.56. The van der Waals surface area contributed by atoms with Gasteiger partial charge in [0.15, 0.2) is 28.8 Å². The number of imide groups is 1. The fourth-order valence-corrected chi connectivity index (χ4v) is 7.94. The van der Waals surface area contributed by atoms with Gasteiger partial charge in [0.2, 0.25) is 11.8 Å². The van der Waals surface area contributed by atoms with E-state index in [2.05, 4.69) is 15.9 Å². The SMILES string of the molecule is COc1cc(C2C3=CCC4C(=O)N(c5ccc(C(=O)c6ccccc6)cc5)C(=O)C4C3CC3=C2C(=O)C=C(Br)C3=O)cc(Cl)c1O. The van der Waals surface area contributed by atoms with Crippen LogP contribution in [-0.4, -0.2) is 41.4 Å². The van der Waals surface area contributed by atoms with E-state index in [4.69, 9.17) is 16.3 Å². The third kappa shape index (κ3) is 4.60. The Labute approximate surface area is 277 Å². The van der Waals surface area contributed by atoms with Crippen molar-refractivity contribution in [3.05, 3.63) is 122 Å². The number of Topliss-reactive ketones (excluding diaryl/α,β-unsaturated/α-hetero) is 1. The number of nitrogens with zero attached hydrogens (tertiary/aromatic N) is 1. The van der Waals surface area contributed by atoms with E-state index in [9.17, 15) is 29.1 Å². The van der Waals surface area contributed by atoms with Gasteiger partial charge in [0.25, 0.3) is 0 Å². The van der Waals surface area contributed by atoms with Gasteiger partial charge in [0.05, 0.1) is 34.1 Å². The van der Waals surface area contributed by atoms with E-state index < -0.39 is 29.6 Å². The van der Waals surface area contributed by atoms with Gasteiger partial charge in [-0.25, -0.2) is 0 Å². The van der Waals surface area contributed by atoms with Crippen LogP contribution in [0.5, 0.6) is 11.5 Å². The van der Waals surface area contributed by atoms with Crippen LogP contribution in [0.25, 0.3) is 0 Å². The number of methoxy groups -OCH3 is 1. The smallest absolute Gasteiger partial charge is 0.238 e. The molecule has 0 bridgehead atoms. The fourth-order valence-electron chi connectivity index (χ4n) is 7.27. The van der Waals surface area contributed by atoms with E-state index in [1.54, 1.807) is 54.6 Å². The summed E-state index contributed by atoms with van der Waals surface area (Å²) < 4.78 is 5.46. The molecule has 0 saturated carbocycles. The molecule has 1 fully saturated rings. The lowest BCUT2D eigenvalue weighted by molar-refractivity contribution is -0.123. The molecule has 230 valence electrons. The molecule has 3 aromatic rings. The molecule has 4 atom stereocenters. The van der Waals surface area contributed by atoms with Gasteiger partial charge in [-0.2, -0.15) is 0 Å². The molecule has 7 rings (SSSR count). The molecule has 1 N–H and O–H groups in total. The molecule has 0 radical (unpaired) electrons. The lowest BCUT2D eigenvalue weighted by Crippen LogP contribution is -2.39. The Bertz CT molecular complexity index is 1980. The topological polar surface area (TPSA) is 118 Å². The average molecular weight is 699 g/mol. The Morgan fingerprint density at radius 2 is 1.65 bits per heavy atom. The minimum atomic E-state index is -0.781. The standard InChI is InChI=1S/C36H25BrClNO7/c1-46-28-14-19(13-26(38)34(28)43)29-21-11-12-22-30(23(21)15-24-31(29)27(40)16-25(37)33(24)42)36(45)39(35(22)44)20-9-7-18(8-10-20)32(41)17-5-3-2-4-6-17/h2-11,13-14,16,22-23,29-30,43H,12,15H2,1H3. The quantitative estimate of drug-likeness (QED) is 0.145. The van der Waals surface area contributed by atoms with Gasteiger partial charge in [-0.1, -0.05) is 53.6 Å². The number of rotatable bonds is 5. The predicted molar refractivity (Wildman–Crippen MR) is 173 cm³/mol. The Morgan fingerprint density at radius 1 is 0.957 bits per heavy atom. The molecule has 0 aromatic heterocycles. The van der Waals surface area contributed by atoms with E-state index in [0.29, 0.717) is 22.4 Å². The number of halogens is 2. The fraction of sp³-hybridized carbons (Fsp3) is 0.194. The molecule has 3 aliphatic carbocycles. The minimum Gasteiger partial charge on any atom is -0.503 e. The second-order valence-electron chi connectivity index (χ2n) is 11.7. The third-order valence-electron chi connectivity index (χ3n) is 9.36. The highest BCUT2D eigenvalue weighted by molar-refractivity contribution is 9.12. The second kappa shape index (κ2) is 11.3. The van der Waals surface area contributed by atoms with Crippen molar-refractivity contribution in [1.82, 2.24) is 0 Å². The Hall–Kier alpha value is -4.60. The monoisotopic (exact) mass is 697 g/mol. The van der Waals surface area contributed by atoms with Crippen LogP contribution in [0, 0.1) is 17.8 Å². The van der Waals surface area contributed by atoms with Crippen molar-refractivity contribution >= 4 is 62.4 Å². The van der Waals surface area contributed by atoms with Gasteiger partial charge in [0.1, 0.15) is 0 Å². The molecule has 4 unspecified atom stereocenters. The first-order valence-corrected chi connectivity index (χ1v) is 15.8. The highest BCUT2D eigenvalue weighted by Crippen LogP contribution is 2.56. The van der Waals surface area contributed by atoms with Crippen molar-refractivity contribution < 1.29 is 33.8 Å². The number of ketones is 3. The molecule has 1 saturated heterocycles. The number of hydrogen-bond acceptors (Lipinski definition) is 7. The molecule has 3 aromatic carbocycles. The van der Waals surface area contributed by atoms with E-state index >= 15 is 0 Å². The van der Waals surface area contributed by atoms with Crippen LogP contribution in [0.3, 0.4) is 0 Å². The number of ether oxygens (including phenoxy) is 1. The van der Waals surface area contributed by atoms with Crippen molar-refractivity contribution in [1.29, 1.82) is 0 Å². The van der Waals surface area contributed by atoms with E-state index in [1.807, 2.05) is 12.1 Å². The van der Waals surface area contributed by atoms with Crippen LogP contribution in [0.15, 0.2) is 100 Å². The van der Waals surface area contributed by atoms with Crippen molar-refractivity contribution in [3.63, 3.8) is 0 Å². The van der Waals surface area contributed by atoms with Crippen LogP contribution in [0.2, 0.25) is 5.02 Å². The highest BCUT2D eigenvalue weighted by Gasteiger charge is 2.56. The third-order valence-corrected chi connectivity index (χ3v) is 10.2. The van der Waals surface area contributed by atoms with Crippen LogP contribution < -0.4 is 9.64 Å². The highest BCUT2D eigenvalue weighted by atomic mass is 79.9. The number of phenolic OH excluding ortho intramolecular Hbond substituents is 1. The Kier molecular flexibility index (Phi) is 7.41. The van der Waals surface area contributed by atoms with Crippen LogP contribution in [0.1, 0.15) is 40.2 Å². The summed E-state index contributed by atoms with van der Waals surface area (Å²) in [7, 11) is 1.38. The van der Waals surface area contributed by atoms with E-state index in [-0.39, 0.29) is 68.2 Å². The average Bonchev–Trinajstić information content (AvgIpc) is 3.33. The maximum absolute atomic E-state index is 14.2. The summed E-state index contributed by atoms with van der Waals surface area (Å²) in [6, 6.07) is 18.3. The zero-order valence-corrected chi connectivity index (χ0v) is 26.7. The van der Waals surface area contributed by atoms with E-state index in [1.165, 1.54) is 24.2 Å². The van der Waals surface area contributed by atoms with Crippen LogP contribution in [0.4, 0.5) is 5.69 Å². The summed E-state index contributed by atoms with van der Waals surface area (Å²) in [5.41, 5.74) is 3.12. The van der Waals surface area contributed by atoms with Gasteiger partial charge >= 0.3 is 0 Å². The van der Waals surface area contributed by atoms with Gasteiger partial charge in [-0.15, -0.1) is 0 Å². The van der Waals surface area contributed by atoms with Gasteiger partial charge in [0, 0.05) is 34.3 Å². The number of allylic oxidation sites excluding steroid dienone is 6. The molecule has 46 heavy (non-hydrogen) atoms. The number of phenols is 1. The maximum atomic E-state index is 14.2. The maximum Gasteiger partial charge on any atom is 0.238 e. The normalized spacial score (nSPS) is 23.8. The first-order chi connectivity index (χ1) is 22.1. The van der Waals surface area contributed by atoms with Gasteiger partial charge in [-0.3, -0.25) is 28.9 Å². The number of hydrogen-bond donors (Lipinski definition) is 1. The zero-order chi connectivity index (χ0) is 32.4. The number of carbonyl (C=O) groups is 5. The van der Waals surface area contributed by atoms with Crippen molar-refractivity contribution in [2.45, 2.75) is 18.8 Å². The summed E-state index contributed by atoms with van der Waals surface area (Å²) in [6.07, 6.45) is 3.51. The summed E-state index contributed by atoms with van der Waals surface area (Å²) >= 11 is 9.60. The molecular formula is C36H25BrClNO7. The summed E-state index contributed by atoms with van der Waals surface area (Å²) in [4.78, 5) is 69.1. The predicted octanol–water partition coefficient (Wildman–Crippen LogP) is 6.25. The molecule has 1 aliphatic heterocycles. The summed E-state index contributed by atoms with van der Waals surface area (Å²) in [6.45, 7) is 0. The first-order valence-electron chi connectivity index (χ1n) is 14.6. The van der Waals surface area contributed by atoms with Gasteiger partial charge in [-0.05, 0) is 76.7 Å². The van der Waals surface area contributed by atoms with Crippen molar-refractivity contribution in [2.24, 2.45) is 17.8 Å². The van der Waals surface area contributed by atoms with Crippen LogP contribution in [-0.2, 0) is 19.2 Å². The number of carbonyl (C=O) groups excluding carboxylic acids is 5. The minimum absolute atomic E-state index is 0.00621. The summed E-state index contributed by atoms with van der Waals surface area (Å²) in [5, 5.41) is 10.4. The van der Waals surface area contributed by atoms with Gasteiger partial charge < -0.3 is 9.84 Å². The number of amides is 2. The molecular weight excluding hydrogens is 674 g/mol. The van der Waals surface area contributed by atoms with Crippen molar-refractivity contribution in [2.75, 3.05) is 12.0 Å². The van der Waals surface area contributed by atoms with E-state index in [0.717, 1.165) is 5.57 Å². The number of benzene rings is 3.